The van der Waals surface area contributed by atoms with Crippen LogP contribution < -0.4 is 14.2 Å². The minimum absolute atomic E-state index is 0.117. The molecule has 0 aromatic heterocycles. The predicted molar refractivity (Wildman–Crippen MR) is 113 cm³/mol. The molecule has 0 bridgehead atoms. The number of likely N-dealkylation sites (tertiary alicyclic amines) is 1. The molecule has 0 unspecified atom stereocenters. The van der Waals surface area contributed by atoms with Gasteiger partial charge in [-0.15, -0.1) is 0 Å². The zero-order chi connectivity index (χ0) is 21.5. The zero-order valence-corrected chi connectivity index (χ0v) is 18.0. The average molecular weight is 418 g/mol. The maximum absolute atomic E-state index is 12.5. The van der Waals surface area contributed by atoms with Crippen molar-refractivity contribution in [1.29, 1.82) is 0 Å². The van der Waals surface area contributed by atoms with E-state index in [1.165, 1.54) is 53.1 Å². The number of esters is 1. The summed E-state index contributed by atoms with van der Waals surface area (Å²) in [6.07, 6.45) is 8.99. The lowest BCUT2D eigenvalue weighted by Crippen LogP contribution is -2.46. The van der Waals surface area contributed by atoms with Crippen LogP contribution >= 0.6 is 0 Å². The number of rotatable bonds is 7. The van der Waals surface area contributed by atoms with Crippen molar-refractivity contribution in [2.75, 3.05) is 41.0 Å². The Morgan fingerprint density at radius 3 is 2.30 bits per heavy atom. The number of nitrogens with zero attached hydrogens (tertiary/aromatic N) is 1. The molecule has 0 N–H and O–H groups in total. The minimum Gasteiger partial charge on any atom is -0.493 e. The van der Waals surface area contributed by atoms with Gasteiger partial charge in [0.25, 0.3) is 5.91 Å². The summed E-state index contributed by atoms with van der Waals surface area (Å²) in [7, 11) is 4.59. The maximum Gasteiger partial charge on any atom is 0.331 e. The van der Waals surface area contributed by atoms with E-state index in [0.717, 1.165) is 25.4 Å². The van der Waals surface area contributed by atoms with E-state index in [2.05, 4.69) is 0 Å². The molecule has 1 saturated heterocycles. The fourth-order valence-electron chi connectivity index (χ4n) is 4.46. The van der Waals surface area contributed by atoms with E-state index in [9.17, 15) is 9.59 Å². The van der Waals surface area contributed by atoms with Crippen LogP contribution in [0.15, 0.2) is 18.2 Å². The number of carbonyl (C=O) groups is 2. The summed E-state index contributed by atoms with van der Waals surface area (Å²) in [5, 5.41) is 0. The van der Waals surface area contributed by atoms with Crippen molar-refractivity contribution in [3.63, 3.8) is 0 Å². The van der Waals surface area contributed by atoms with Crippen molar-refractivity contribution in [3.05, 3.63) is 23.8 Å². The van der Waals surface area contributed by atoms with Gasteiger partial charge >= 0.3 is 5.97 Å². The van der Waals surface area contributed by atoms with Crippen molar-refractivity contribution in [2.24, 2.45) is 11.8 Å². The first-order valence-electron chi connectivity index (χ1n) is 10.5. The Morgan fingerprint density at radius 2 is 1.67 bits per heavy atom. The van der Waals surface area contributed by atoms with Gasteiger partial charge in [0, 0.05) is 19.2 Å². The second kappa shape index (κ2) is 10.4. The Balaban J connectivity index is 1.53. The Kier molecular flexibility index (Phi) is 7.60. The highest BCUT2D eigenvalue weighted by atomic mass is 16.5. The average Bonchev–Trinajstić information content (AvgIpc) is 2.79. The molecule has 0 radical (unpaired) electrons. The summed E-state index contributed by atoms with van der Waals surface area (Å²) < 4.78 is 21.1. The van der Waals surface area contributed by atoms with Gasteiger partial charge in [0.1, 0.15) is 0 Å². The number of fused-ring (bicyclic) bond motifs is 1. The van der Waals surface area contributed by atoms with E-state index in [0.29, 0.717) is 28.7 Å². The summed E-state index contributed by atoms with van der Waals surface area (Å²) in [5.74, 6) is 2.14. The summed E-state index contributed by atoms with van der Waals surface area (Å²) in [4.78, 5) is 26.4. The second-order valence-corrected chi connectivity index (χ2v) is 7.83. The van der Waals surface area contributed by atoms with Crippen LogP contribution in [-0.4, -0.2) is 57.8 Å². The van der Waals surface area contributed by atoms with Crippen LogP contribution in [0.2, 0.25) is 0 Å². The quantitative estimate of drug-likeness (QED) is 0.501. The first-order chi connectivity index (χ1) is 14.5. The molecule has 1 amide bonds. The molecule has 3 rings (SSSR count). The van der Waals surface area contributed by atoms with Crippen molar-refractivity contribution in [2.45, 2.75) is 32.1 Å². The number of methoxy groups -OCH3 is 3. The van der Waals surface area contributed by atoms with Crippen LogP contribution in [0.1, 0.15) is 37.7 Å². The predicted octanol–water partition coefficient (Wildman–Crippen LogP) is 3.31. The zero-order valence-electron chi connectivity index (χ0n) is 18.0. The van der Waals surface area contributed by atoms with E-state index < -0.39 is 5.97 Å². The van der Waals surface area contributed by atoms with Crippen LogP contribution in [0.4, 0.5) is 0 Å². The Hall–Kier alpha value is -2.70. The van der Waals surface area contributed by atoms with Crippen LogP contribution in [0.3, 0.4) is 0 Å². The third-order valence-electron chi connectivity index (χ3n) is 6.08. The van der Waals surface area contributed by atoms with E-state index in [1.807, 2.05) is 4.90 Å². The fourth-order valence-corrected chi connectivity index (χ4v) is 4.46. The fraction of sp³-hybridized carbons (Fsp3) is 0.565. The molecule has 1 aliphatic carbocycles. The van der Waals surface area contributed by atoms with Crippen molar-refractivity contribution in [3.8, 4) is 17.2 Å². The Bertz CT molecular complexity index is 765. The first-order valence-corrected chi connectivity index (χ1v) is 10.5. The van der Waals surface area contributed by atoms with Gasteiger partial charge in [-0.25, -0.2) is 4.79 Å². The van der Waals surface area contributed by atoms with Gasteiger partial charge in [-0.2, -0.15) is 0 Å². The van der Waals surface area contributed by atoms with E-state index in [1.54, 1.807) is 18.2 Å². The van der Waals surface area contributed by atoms with Crippen LogP contribution in [0.25, 0.3) is 6.08 Å². The van der Waals surface area contributed by atoms with Crippen LogP contribution in [0.5, 0.6) is 17.2 Å². The number of ether oxygens (including phenoxy) is 4. The molecule has 7 heteroatoms. The largest absolute Gasteiger partial charge is 0.493 e. The standard InChI is InChI=1S/C23H31NO6/c1-27-19-12-16(13-20(28-2)23(19)29-3)8-9-22(26)30-15-21(25)24-11-10-17-6-4-5-7-18(17)14-24/h8-9,12-13,17-18H,4-7,10-11,14-15H2,1-3H3/b9-8+/t17-,18-/m0/s1. The normalized spacial score (nSPS) is 21.1. The highest BCUT2D eigenvalue weighted by molar-refractivity contribution is 5.89. The Labute approximate surface area is 177 Å². The van der Waals surface area contributed by atoms with Gasteiger partial charge in [-0.3, -0.25) is 4.79 Å². The molecule has 1 aromatic rings. The molecule has 164 valence electrons. The van der Waals surface area contributed by atoms with Crippen molar-refractivity contribution >= 4 is 18.0 Å². The van der Waals surface area contributed by atoms with Gasteiger partial charge in [0.15, 0.2) is 18.1 Å². The van der Waals surface area contributed by atoms with Gasteiger partial charge in [-0.1, -0.05) is 19.3 Å². The first kappa shape index (κ1) is 22.0. The van der Waals surface area contributed by atoms with Gasteiger partial charge < -0.3 is 23.8 Å². The smallest absolute Gasteiger partial charge is 0.331 e. The lowest BCUT2D eigenvalue weighted by Gasteiger charge is -2.41. The molecule has 7 nitrogen and oxygen atoms in total. The summed E-state index contributed by atoms with van der Waals surface area (Å²) in [5.41, 5.74) is 0.687. The van der Waals surface area contributed by atoms with Gasteiger partial charge in [0.05, 0.1) is 21.3 Å². The molecule has 2 aliphatic rings. The molecule has 1 saturated carbocycles. The number of hydrogen-bond acceptors (Lipinski definition) is 6. The maximum atomic E-state index is 12.5. The number of benzene rings is 1. The van der Waals surface area contributed by atoms with Crippen molar-refractivity contribution in [1.82, 2.24) is 4.90 Å². The summed E-state index contributed by atoms with van der Waals surface area (Å²) in [6, 6.07) is 3.45. The van der Waals surface area contributed by atoms with E-state index in [4.69, 9.17) is 18.9 Å². The minimum atomic E-state index is -0.565. The molecule has 2 atom stereocenters. The highest BCUT2D eigenvalue weighted by Crippen LogP contribution is 2.38. The molecular formula is C23H31NO6. The number of hydrogen-bond donors (Lipinski definition) is 0. The SMILES string of the molecule is COc1cc(/C=C/C(=O)OCC(=O)N2CC[C@@H]3CCCC[C@H]3C2)cc(OC)c1OC. The Morgan fingerprint density at radius 1 is 1.00 bits per heavy atom. The summed E-state index contributed by atoms with van der Waals surface area (Å²) >= 11 is 0. The molecule has 1 aromatic carbocycles. The molecule has 0 spiro atoms. The van der Waals surface area contributed by atoms with E-state index in [-0.39, 0.29) is 12.5 Å². The molecule has 30 heavy (non-hydrogen) atoms. The molecule has 1 heterocycles. The lowest BCUT2D eigenvalue weighted by atomic mass is 9.75. The van der Waals surface area contributed by atoms with Crippen LogP contribution in [-0.2, 0) is 14.3 Å². The van der Waals surface area contributed by atoms with E-state index >= 15 is 0 Å². The monoisotopic (exact) mass is 417 g/mol. The second-order valence-electron chi connectivity index (χ2n) is 7.83. The van der Waals surface area contributed by atoms with Gasteiger partial charge in [0.2, 0.25) is 5.75 Å². The van der Waals surface area contributed by atoms with Crippen LogP contribution in [0, 0.1) is 11.8 Å². The topological polar surface area (TPSA) is 74.3 Å². The molecule has 1 aliphatic heterocycles. The molecular weight excluding hydrogens is 386 g/mol. The number of carbonyl (C=O) groups excluding carboxylic acids is 2. The number of piperidine rings is 1. The van der Waals surface area contributed by atoms with Gasteiger partial charge in [-0.05, 0) is 48.4 Å². The van der Waals surface area contributed by atoms with Crippen molar-refractivity contribution < 1.29 is 28.5 Å². The third-order valence-corrected chi connectivity index (χ3v) is 6.08. The lowest BCUT2D eigenvalue weighted by molar-refractivity contribution is -0.149. The third kappa shape index (κ3) is 5.26. The molecule has 2 fully saturated rings. The highest BCUT2D eigenvalue weighted by Gasteiger charge is 2.33. The number of amides is 1. The summed E-state index contributed by atoms with van der Waals surface area (Å²) in [6.45, 7) is 1.33.